The minimum absolute atomic E-state index is 0.380. The van der Waals surface area contributed by atoms with E-state index in [0.29, 0.717) is 20.9 Å². The number of aryl methyl sites for hydroxylation is 1. The topological polar surface area (TPSA) is 26.3 Å². The molecule has 0 aliphatic carbocycles. The lowest BCUT2D eigenvalue weighted by atomic mass is 10.1. The Kier molecular flexibility index (Phi) is 3.85. The maximum absolute atomic E-state index is 12.7. The van der Waals surface area contributed by atoms with Gasteiger partial charge in [-0.15, -0.1) is 11.3 Å². The van der Waals surface area contributed by atoms with Crippen molar-refractivity contribution in [3.05, 3.63) is 46.3 Å². The van der Waals surface area contributed by atoms with Crippen molar-refractivity contribution >= 4 is 17.3 Å². The molecule has 106 valence electrons. The van der Waals surface area contributed by atoms with Crippen molar-refractivity contribution < 1.29 is 22.7 Å². The first-order valence-corrected chi connectivity index (χ1v) is 6.51. The summed E-state index contributed by atoms with van der Waals surface area (Å²) in [6.45, 7) is 1.73. The van der Waals surface area contributed by atoms with E-state index in [-0.39, 0.29) is 0 Å². The lowest BCUT2D eigenvalue weighted by molar-refractivity contribution is -0.137. The molecule has 0 N–H and O–H groups in total. The van der Waals surface area contributed by atoms with Crippen LogP contribution < -0.4 is 0 Å². The number of benzene rings is 1. The number of halogens is 3. The number of alkyl halides is 3. The summed E-state index contributed by atoms with van der Waals surface area (Å²) in [5.41, 5.74) is 0.105. The van der Waals surface area contributed by atoms with Crippen molar-refractivity contribution in [2.24, 2.45) is 0 Å². The highest BCUT2D eigenvalue weighted by Gasteiger charge is 2.30. The average molecular weight is 300 g/mol. The third kappa shape index (κ3) is 2.85. The van der Waals surface area contributed by atoms with E-state index in [1.807, 2.05) is 0 Å². The molecule has 0 unspecified atom stereocenters. The molecule has 6 heteroatoms. The van der Waals surface area contributed by atoms with Gasteiger partial charge in [-0.2, -0.15) is 13.2 Å². The van der Waals surface area contributed by atoms with Gasteiger partial charge in [0.1, 0.15) is 0 Å². The normalized spacial score (nSPS) is 11.4. The molecule has 20 heavy (non-hydrogen) atoms. The summed E-state index contributed by atoms with van der Waals surface area (Å²) >= 11 is 1.26. The van der Waals surface area contributed by atoms with Crippen LogP contribution in [0.2, 0.25) is 0 Å². The van der Waals surface area contributed by atoms with Gasteiger partial charge in [0.25, 0.3) is 0 Å². The summed E-state index contributed by atoms with van der Waals surface area (Å²) < 4.78 is 42.7. The van der Waals surface area contributed by atoms with E-state index < -0.39 is 17.7 Å². The van der Waals surface area contributed by atoms with Gasteiger partial charge in [-0.25, -0.2) is 4.79 Å². The molecule has 0 saturated carbocycles. The zero-order chi connectivity index (χ0) is 14.9. The highest BCUT2D eigenvalue weighted by molar-refractivity contribution is 7.15. The number of hydrogen-bond donors (Lipinski definition) is 0. The molecular formula is C14H11F3O2S. The monoisotopic (exact) mass is 300 g/mol. The van der Waals surface area contributed by atoms with Gasteiger partial charge in [-0.3, -0.25) is 0 Å². The fourth-order valence-corrected chi connectivity index (χ4v) is 2.79. The maximum Gasteiger partial charge on any atom is 0.416 e. The van der Waals surface area contributed by atoms with E-state index in [9.17, 15) is 18.0 Å². The highest BCUT2D eigenvalue weighted by Crippen LogP contribution is 2.35. The first-order chi connectivity index (χ1) is 9.32. The van der Waals surface area contributed by atoms with Crippen LogP contribution in [0.15, 0.2) is 30.3 Å². The average Bonchev–Trinajstić information content (AvgIpc) is 2.79. The molecule has 1 aromatic heterocycles. The van der Waals surface area contributed by atoms with Gasteiger partial charge in [0.2, 0.25) is 0 Å². The van der Waals surface area contributed by atoms with Gasteiger partial charge < -0.3 is 4.74 Å². The van der Waals surface area contributed by atoms with E-state index >= 15 is 0 Å². The Morgan fingerprint density at radius 3 is 2.55 bits per heavy atom. The van der Waals surface area contributed by atoms with Gasteiger partial charge in [0.05, 0.1) is 18.2 Å². The Hall–Kier alpha value is -1.82. The van der Waals surface area contributed by atoms with E-state index in [2.05, 4.69) is 4.74 Å². The fraction of sp³-hybridized carbons (Fsp3) is 0.214. The Labute approximate surface area is 117 Å². The molecule has 0 atom stereocenters. The summed E-state index contributed by atoms with van der Waals surface area (Å²) in [4.78, 5) is 12.8. The lowest BCUT2D eigenvalue weighted by Crippen LogP contribution is -2.04. The smallest absolute Gasteiger partial charge is 0.416 e. The van der Waals surface area contributed by atoms with E-state index in [1.165, 1.54) is 24.5 Å². The number of hydrogen-bond acceptors (Lipinski definition) is 3. The van der Waals surface area contributed by atoms with Gasteiger partial charge in [0, 0.05) is 9.75 Å². The lowest BCUT2D eigenvalue weighted by Gasteiger charge is -2.07. The number of carbonyl (C=O) groups excluding carboxylic acids is 1. The quantitative estimate of drug-likeness (QED) is 0.762. The third-order valence-electron chi connectivity index (χ3n) is 2.80. The van der Waals surface area contributed by atoms with Crippen LogP contribution in [0.1, 0.15) is 20.8 Å². The van der Waals surface area contributed by atoms with E-state index in [1.54, 1.807) is 19.1 Å². The Bertz CT molecular complexity index is 644. The van der Waals surface area contributed by atoms with Crippen LogP contribution in [-0.2, 0) is 10.9 Å². The number of rotatable bonds is 2. The van der Waals surface area contributed by atoms with E-state index in [0.717, 1.165) is 12.1 Å². The zero-order valence-corrected chi connectivity index (χ0v) is 11.6. The predicted octanol–water partition coefficient (Wildman–Crippen LogP) is 4.53. The first kappa shape index (κ1) is 14.6. The summed E-state index contributed by atoms with van der Waals surface area (Å²) in [6, 6.07) is 6.59. The van der Waals surface area contributed by atoms with Crippen LogP contribution in [0.3, 0.4) is 0 Å². The van der Waals surface area contributed by atoms with Gasteiger partial charge >= 0.3 is 12.1 Å². The summed E-state index contributed by atoms with van der Waals surface area (Å²) in [7, 11) is 1.27. The summed E-state index contributed by atoms with van der Waals surface area (Å²) in [5.74, 6) is -0.489. The van der Waals surface area contributed by atoms with Crippen LogP contribution in [-0.4, -0.2) is 13.1 Å². The molecule has 0 aliphatic heterocycles. The Morgan fingerprint density at radius 1 is 1.25 bits per heavy atom. The molecule has 0 spiro atoms. The largest absolute Gasteiger partial charge is 0.465 e. The molecular weight excluding hydrogens is 289 g/mol. The molecule has 0 aliphatic rings. The SMILES string of the molecule is COC(=O)c1cc(-c2cccc(C(F)(F)F)c2)sc1C. The minimum atomic E-state index is -4.38. The molecule has 1 aromatic carbocycles. The van der Waals surface area contributed by atoms with Crippen LogP contribution in [0.4, 0.5) is 13.2 Å². The van der Waals surface area contributed by atoms with Crippen LogP contribution in [0, 0.1) is 6.92 Å². The van der Waals surface area contributed by atoms with E-state index in [4.69, 9.17) is 0 Å². The molecule has 0 radical (unpaired) electrons. The molecule has 0 amide bonds. The fourth-order valence-electron chi connectivity index (χ4n) is 1.79. The molecule has 2 aromatic rings. The summed E-state index contributed by atoms with van der Waals surface area (Å²) in [6.07, 6.45) is -4.38. The summed E-state index contributed by atoms with van der Waals surface area (Å²) in [5, 5.41) is 0. The number of methoxy groups -OCH3 is 1. The van der Waals surface area contributed by atoms with Gasteiger partial charge in [0.15, 0.2) is 0 Å². The molecule has 1 heterocycles. The molecule has 2 nitrogen and oxygen atoms in total. The predicted molar refractivity (Wildman–Crippen MR) is 70.8 cm³/mol. The number of thiophene rings is 1. The van der Waals surface area contributed by atoms with Crippen LogP contribution in [0.25, 0.3) is 10.4 Å². The Balaban J connectivity index is 2.45. The van der Waals surface area contributed by atoms with Crippen LogP contribution in [0.5, 0.6) is 0 Å². The van der Waals surface area contributed by atoms with Crippen molar-refractivity contribution in [1.29, 1.82) is 0 Å². The molecule has 0 saturated heterocycles. The standard InChI is InChI=1S/C14H11F3O2S/c1-8-11(13(18)19-2)7-12(20-8)9-4-3-5-10(6-9)14(15,16)17/h3-7H,1-2H3. The van der Waals surface area contributed by atoms with Crippen molar-refractivity contribution in [3.63, 3.8) is 0 Å². The van der Waals surface area contributed by atoms with Crippen molar-refractivity contribution in [1.82, 2.24) is 0 Å². The number of carbonyl (C=O) groups is 1. The number of esters is 1. The van der Waals surface area contributed by atoms with Gasteiger partial charge in [-0.1, -0.05) is 12.1 Å². The highest BCUT2D eigenvalue weighted by atomic mass is 32.1. The Morgan fingerprint density at radius 2 is 1.95 bits per heavy atom. The van der Waals surface area contributed by atoms with Crippen molar-refractivity contribution in [3.8, 4) is 10.4 Å². The second-order valence-electron chi connectivity index (χ2n) is 4.15. The minimum Gasteiger partial charge on any atom is -0.465 e. The first-order valence-electron chi connectivity index (χ1n) is 5.69. The zero-order valence-electron chi connectivity index (χ0n) is 10.7. The van der Waals surface area contributed by atoms with Crippen molar-refractivity contribution in [2.75, 3.05) is 7.11 Å². The maximum atomic E-state index is 12.7. The number of ether oxygens (including phenoxy) is 1. The van der Waals surface area contributed by atoms with Crippen LogP contribution >= 0.6 is 11.3 Å². The molecule has 0 bridgehead atoms. The molecule has 0 fully saturated rings. The van der Waals surface area contributed by atoms with Crippen molar-refractivity contribution in [2.45, 2.75) is 13.1 Å². The second-order valence-corrected chi connectivity index (χ2v) is 5.41. The second kappa shape index (κ2) is 5.28. The third-order valence-corrected chi connectivity index (χ3v) is 3.90. The molecule has 2 rings (SSSR count). The van der Waals surface area contributed by atoms with Gasteiger partial charge in [-0.05, 0) is 30.7 Å².